The number of aliphatic imine (C=N–C) groups is 1. The largest absolute Gasteiger partial charge is 0.354 e. The number of rotatable bonds is 6. The third kappa shape index (κ3) is 4.83. The zero-order valence-electron chi connectivity index (χ0n) is 20.9. The third-order valence-electron chi connectivity index (χ3n) is 6.60. The fourth-order valence-corrected chi connectivity index (χ4v) is 4.64. The molecule has 1 aliphatic heterocycles. The van der Waals surface area contributed by atoms with E-state index >= 15 is 0 Å². The van der Waals surface area contributed by atoms with E-state index in [0.29, 0.717) is 11.8 Å². The Balaban J connectivity index is 1.54. The topological polar surface area (TPSA) is 28.1 Å². The van der Waals surface area contributed by atoms with Crippen LogP contribution in [0.5, 0.6) is 0 Å². The smallest absolute Gasteiger partial charge is 0.0658 e. The summed E-state index contributed by atoms with van der Waals surface area (Å²) >= 11 is 0. The Bertz CT molecular complexity index is 1470. The number of nitrogens with zero attached hydrogens (tertiary/aromatic N) is 1. The lowest BCUT2D eigenvalue weighted by atomic mass is 9.89. The Hall–Kier alpha value is -3.91. The van der Waals surface area contributed by atoms with Crippen LogP contribution >= 0.6 is 0 Å². The average molecular weight is 457 g/mol. The lowest BCUT2D eigenvalue weighted by Crippen LogP contribution is -1.97. The van der Waals surface area contributed by atoms with Gasteiger partial charge in [-0.3, -0.25) is 0 Å². The van der Waals surface area contributed by atoms with E-state index in [9.17, 15) is 0 Å². The molecule has 1 aliphatic rings. The van der Waals surface area contributed by atoms with Crippen LogP contribution in [0.1, 0.15) is 61.9 Å². The molecule has 2 nitrogen and oxygen atoms in total. The minimum atomic E-state index is 0.439. The number of aromatic amines is 1. The summed E-state index contributed by atoms with van der Waals surface area (Å²) in [7, 11) is 0. The highest BCUT2D eigenvalue weighted by Gasteiger charge is 2.17. The molecule has 0 amide bonds. The van der Waals surface area contributed by atoms with Crippen LogP contribution in [0.2, 0.25) is 0 Å². The minimum absolute atomic E-state index is 0.439. The van der Waals surface area contributed by atoms with Gasteiger partial charge in [0.2, 0.25) is 0 Å². The SMILES string of the molecule is CC(C)c1ccc(-c2[nH]c(/C=C3/C=CC(/C=C/c4ccccc4)=N3)c3ccccc23)c(C(C)C)c1. The van der Waals surface area contributed by atoms with Crippen molar-refractivity contribution < 1.29 is 0 Å². The number of nitrogens with one attached hydrogen (secondary N) is 1. The summed E-state index contributed by atoms with van der Waals surface area (Å²) in [6.07, 6.45) is 10.5. The zero-order chi connectivity index (χ0) is 24.4. The first-order chi connectivity index (χ1) is 17.0. The second-order valence-electron chi connectivity index (χ2n) is 9.80. The van der Waals surface area contributed by atoms with Gasteiger partial charge < -0.3 is 4.98 Å². The first-order valence-corrected chi connectivity index (χ1v) is 12.5. The molecule has 1 aromatic heterocycles. The number of H-pyrrole nitrogens is 1. The number of hydrogen-bond acceptors (Lipinski definition) is 1. The molecule has 5 rings (SSSR count). The molecule has 0 fully saturated rings. The molecule has 4 aromatic rings. The lowest BCUT2D eigenvalue weighted by Gasteiger charge is -2.16. The van der Waals surface area contributed by atoms with Gasteiger partial charge in [-0.1, -0.05) is 107 Å². The molecule has 1 N–H and O–H groups in total. The van der Waals surface area contributed by atoms with Crippen molar-refractivity contribution in [3.63, 3.8) is 0 Å². The van der Waals surface area contributed by atoms with Crippen LogP contribution in [0.4, 0.5) is 0 Å². The van der Waals surface area contributed by atoms with E-state index in [2.05, 4.69) is 118 Å². The summed E-state index contributed by atoms with van der Waals surface area (Å²) in [5.41, 5.74) is 9.41. The number of allylic oxidation sites excluding steroid dienone is 3. The second kappa shape index (κ2) is 9.76. The maximum Gasteiger partial charge on any atom is 0.0658 e. The van der Waals surface area contributed by atoms with E-state index in [1.165, 1.54) is 38.7 Å². The Morgan fingerprint density at radius 1 is 0.743 bits per heavy atom. The van der Waals surface area contributed by atoms with Gasteiger partial charge in [-0.05, 0) is 52.8 Å². The summed E-state index contributed by atoms with van der Waals surface area (Å²) in [5, 5.41) is 2.46. The van der Waals surface area contributed by atoms with E-state index < -0.39 is 0 Å². The molecular weight excluding hydrogens is 424 g/mol. The van der Waals surface area contributed by atoms with Crippen LogP contribution in [0, 0.1) is 0 Å². The lowest BCUT2D eigenvalue weighted by molar-refractivity contribution is 0.835. The van der Waals surface area contributed by atoms with Crippen LogP contribution in [-0.2, 0) is 0 Å². The van der Waals surface area contributed by atoms with E-state index in [1.54, 1.807) is 0 Å². The van der Waals surface area contributed by atoms with Crippen LogP contribution < -0.4 is 0 Å². The summed E-state index contributed by atoms with van der Waals surface area (Å²) in [6, 6.07) is 25.9. The number of fused-ring (bicyclic) bond motifs is 1. The highest BCUT2D eigenvalue weighted by atomic mass is 14.8. The van der Waals surface area contributed by atoms with Crippen LogP contribution in [-0.4, -0.2) is 10.7 Å². The fourth-order valence-electron chi connectivity index (χ4n) is 4.64. The van der Waals surface area contributed by atoms with Crippen molar-refractivity contribution in [2.24, 2.45) is 4.99 Å². The molecular formula is C33H32N2. The average Bonchev–Trinajstić information content (AvgIpc) is 3.48. The summed E-state index contributed by atoms with van der Waals surface area (Å²) in [4.78, 5) is 8.58. The number of aromatic nitrogens is 1. The molecule has 2 heteroatoms. The normalized spacial score (nSPS) is 14.8. The molecule has 2 heterocycles. The van der Waals surface area contributed by atoms with Crippen molar-refractivity contribution in [1.29, 1.82) is 0 Å². The number of hydrogen-bond donors (Lipinski definition) is 1. The standard InChI is InChI=1S/C33H32N2/c1-22(2)25-15-19-30(31(20-25)23(3)4)33-29-13-9-8-12-28(29)32(35-33)21-27-18-17-26(34-27)16-14-24-10-6-5-7-11-24/h5-23,35H,1-4H3/b16-14+,27-21-. The van der Waals surface area contributed by atoms with Gasteiger partial charge in [0, 0.05) is 22.0 Å². The van der Waals surface area contributed by atoms with Crippen LogP contribution in [0.25, 0.3) is 34.2 Å². The predicted octanol–water partition coefficient (Wildman–Crippen LogP) is 9.15. The van der Waals surface area contributed by atoms with Gasteiger partial charge in [0.1, 0.15) is 0 Å². The van der Waals surface area contributed by atoms with E-state index in [4.69, 9.17) is 4.99 Å². The van der Waals surface area contributed by atoms with Gasteiger partial charge in [-0.2, -0.15) is 0 Å². The van der Waals surface area contributed by atoms with Gasteiger partial charge >= 0.3 is 0 Å². The van der Waals surface area contributed by atoms with Crippen molar-refractivity contribution in [2.45, 2.75) is 39.5 Å². The van der Waals surface area contributed by atoms with E-state index in [1.807, 2.05) is 18.2 Å². The quantitative estimate of drug-likeness (QED) is 0.300. The Morgan fingerprint density at radius 2 is 1.49 bits per heavy atom. The summed E-state index contributed by atoms with van der Waals surface area (Å²) in [5.74, 6) is 0.952. The first kappa shape index (κ1) is 22.9. The van der Waals surface area contributed by atoms with Crippen LogP contribution in [0.15, 0.2) is 102 Å². The van der Waals surface area contributed by atoms with Gasteiger partial charge in [-0.15, -0.1) is 0 Å². The van der Waals surface area contributed by atoms with Crippen LogP contribution in [0.3, 0.4) is 0 Å². The summed E-state index contributed by atoms with van der Waals surface area (Å²) < 4.78 is 0. The Morgan fingerprint density at radius 3 is 2.23 bits per heavy atom. The molecule has 0 bridgehead atoms. The minimum Gasteiger partial charge on any atom is -0.354 e. The van der Waals surface area contributed by atoms with Crippen molar-refractivity contribution in [3.05, 3.63) is 119 Å². The number of benzene rings is 3. The molecule has 0 spiro atoms. The zero-order valence-corrected chi connectivity index (χ0v) is 20.9. The molecule has 3 aromatic carbocycles. The Kier molecular flexibility index (Phi) is 6.37. The van der Waals surface area contributed by atoms with Gasteiger partial charge in [0.15, 0.2) is 0 Å². The summed E-state index contributed by atoms with van der Waals surface area (Å²) in [6.45, 7) is 9.07. The van der Waals surface area contributed by atoms with Crippen molar-refractivity contribution in [1.82, 2.24) is 4.98 Å². The molecule has 0 saturated heterocycles. The molecule has 0 saturated carbocycles. The Labute approximate surface area is 208 Å². The van der Waals surface area contributed by atoms with Crippen molar-refractivity contribution in [2.75, 3.05) is 0 Å². The molecule has 35 heavy (non-hydrogen) atoms. The molecule has 0 atom stereocenters. The predicted molar refractivity (Wildman–Crippen MR) is 152 cm³/mol. The fraction of sp³-hybridized carbons (Fsp3) is 0.182. The highest BCUT2D eigenvalue weighted by molar-refractivity contribution is 6.10. The van der Waals surface area contributed by atoms with E-state index in [0.717, 1.165) is 17.1 Å². The highest BCUT2D eigenvalue weighted by Crippen LogP contribution is 2.37. The van der Waals surface area contributed by atoms with E-state index in [-0.39, 0.29) is 0 Å². The maximum absolute atomic E-state index is 4.82. The monoisotopic (exact) mass is 456 g/mol. The first-order valence-electron chi connectivity index (χ1n) is 12.5. The van der Waals surface area contributed by atoms with Crippen molar-refractivity contribution in [3.8, 4) is 11.3 Å². The van der Waals surface area contributed by atoms with Gasteiger partial charge in [0.05, 0.1) is 17.1 Å². The molecule has 0 aliphatic carbocycles. The van der Waals surface area contributed by atoms with Gasteiger partial charge in [-0.25, -0.2) is 4.99 Å². The second-order valence-corrected chi connectivity index (χ2v) is 9.80. The molecule has 0 unspecified atom stereocenters. The maximum atomic E-state index is 4.82. The van der Waals surface area contributed by atoms with Crippen molar-refractivity contribution >= 4 is 28.6 Å². The molecule has 0 radical (unpaired) electrons. The van der Waals surface area contributed by atoms with Gasteiger partial charge in [0.25, 0.3) is 0 Å². The molecule has 174 valence electrons. The third-order valence-corrected chi connectivity index (χ3v) is 6.60.